The molecular formula is C43H43NO2S. The number of hydrogen-bond acceptors (Lipinski definition) is 4. The second-order valence-corrected chi connectivity index (χ2v) is 14.1. The molecule has 2 atom stereocenters. The van der Waals surface area contributed by atoms with E-state index in [1.807, 2.05) is 11.8 Å². The minimum absolute atomic E-state index is 0.122. The van der Waals surface area contributed by atoms with E-state index in [2.05, 4.69) is 141 Å². The number of thioether (sulfide) groups is 1. The van der Waals surface area contributed by atoms with Crippen LogP contribution in [0.15, 0.2) is 108 Å². The summed E-state index contributed by atoms with van der Waals surface area (Å²) < 4.78 is 13.4. The summed E-state index contributed by atoms with van der Waals surface area (Å²) in [6.45, 7) is 10.5. The first kappa shape index (κ1) is 30.4. The molecular weight excluding hydrogens is 595 g/mol. The Balaban J connectivity index is 1.51. The highest BCUT2D eigenvalue weighted by Gasteiger charge is 2.49. The molecule has 0 spiro atoms. The van der Waals surface area contributed by atoms with Crippen molar-refractivity contribution >= 4 is 34.3 Å². The average Bonchev–Trinajstić information content (AvgIpc) is 3.46. The van der Waals surface area contributed by atoms with Crippen molar-refractivity contribution < 1.29 is 9.47 Å². The first-order chi connectivity index (χ1) is 23.1. The van der Waals surface area contributed by atoms with Crippen molar-refractivity contribution in [2.24, 2.45) is 5.92 Å². The minimum atomic E-state index is -0.754. The van der Waals surface area contributed by atoms with Crippen molar-refractivity contribution in [1.82, 2.24) is 0 Å². The third-order valence-corrected chi connectivity index (χ3v) is 12.0. The standard InChI is InChI=1S/C43H43NO2S/c1-5-29(3)42(6-2)36-20-14-13-19-32(36)39-34-27-37(44-23-25-45-26-24-44)38(47-4)28-35(34)41-33(40(39)42)21-22-43(46-41,30-15-9-7-10-16-30)31-17-11-8-12-18-31/h7-22,27-29H,5-6,23-26H2,1-4H3. The van der Waals surface area contributed by atoms with Gasteiger partial charge >= 0.3 is 0 Å². The second kappa shape index (κ2) is 11.9. The summed E-state index contributed by atoms with van der Waals surface area (Å²) in [7, 11) is 0. The lowest BCUT2D eigenvalue weighted by molar-refractivity contribution is 0.122. The summed E-state index contributed by atoms with van der Waals surface area (Å²) in [4.78, 5) is 3.79. The molecule has 2 unspecified atom stereocenters. The Morgan fingerprint density at radius 3 is 2.13 bits per heavy atom. The van der Waals surface area contributed by atoms with Crippen LogP contribution >= 0.6 is 11.8 Å². The predicted molar refractivity (Wildman–Crippen MR) is 198 cm³/mol. The Labute approximate surface area is 283 Å². The van der Waals surface area contributed by atoms with E-state index in [0.29, 0.717) is 5.92 Å². The Hall–Kier alpha value is -3.99. The number of hydrogen-bond donors (Lipinski definition) is 0. The molecule has 3 nitrogen and oxygen atoms in total. The molecule has 2 heterocycles. The molecule has 0 aromatic heterocycles. The van der Waals surface area contributed by atoms with Gasteiger partial charge in [-0.05, 0) is 64.4 Å². The van der Waals surface area contributed by atoms with E-state index in [4.69, 9.17) is 9.47 Å². The molecule has 5 aromatic rings. The molecule has 3 aliphatic rings. The van der Waals surface area contributed by atoms with Crippen molar-refractivity contribution in [3.8, 4) is 16.9 Å². The van der Waals surface area contributed by atoms with Crippen LogP contribution in [-0.2, 0) is 15.8 Å². The normalized spacial score (nSPS) is 20.0. The van der Waals surface area contributed by atoms with Gasteiger partial charge in [0.05, 0.1) is 18.9 Å². The fourth-order valence-corrected chi connectivity index (χ4v) is 9.40. The first-order valence-electron chi connectivity index (χ1n) is 17.2. The molecule has 1 fully saturated rings. The van der Waals surface area contributed by atoms with Gasteiger partial charge in [-0.1, -0.05) is 118 Å². The number of benzene rings is 5. The SMILES string of the molecule is CCC(C)C1(CC)c2ccccc2-c2c1c1c(c3cc(SC)c(N4CCOCC4)cc23)OC(c2ccccc2)(c2ccccc2)C=C1. The van der Waals surface area contributed by atoms with Gasteiger partial charge in [-0.25, -0.2) is 0 Å². The summed E-state index contributed by atoms with van der Waals surface area (Å²) in [5.41, 5.74) is 9.58. The van der Waals surface area contributed by atoms with Gasteiger partial charge in [-0.15, -0.1) is 11.8 Å². The van der Waals surface area contributed by atoms with Gasteiger partial charge in [-0.2, -0.15) is 0 Å². The molecule has 2 aliphatic heterocycles. The van der Waals surface area contributed by atoms with E-state index >= 15 is 0 Å². The maximum atomic E-state index is 7.64. The summed E-state index contributed by atoms with van der Waals surface area (Å²) in [6, 6.07) is 35.6. The molecule has 4 heteroatoms. The van der Waals surface area contributed by atoms with Gasteiger partial charge in [0, 0.05) is 45.5 Å². The number of morpholine rings is 1. The molecule has 0 bridgehead atoms. The zero-order valence-corrected chi connectivity index (χ0v) is 28.7. The largest absolute Gasteiger partial charge is 0.472 e. The van der Waals surface area contributed by atoms with E-state index in [1.165, 1.54) is 49.2 Å². The van der Waals surface area contributed by atoms with Crippen LogP contribution in [0, 0.1) is 5.92 Å². The maximum Gasteiger partial charge on any atom is 0.178 e. The van der Waals surface area contributed by atoms with Crippen LogP contribution in [0.1, 0.15) is 61.4 Å². The quantitative estimate of drug-likeness (QED) is 0.166. The van der Waals surface area contributed by atoms with Gasteiger partial charge in [0.25, 0.3) is 0 Å². The molecule has 1 aliphatic carbocycles. The van der Waals surface area contributed by atoms with Crippen molar-refractivity contribution in [2.45, 2.75) is 49.5 Å². The smallest absolute Gasteiger partial charge is 0.178 e. The summed E-state index contributed by atoms with van der Waals surface area (Å²) in [5, 5.41) is 2.47. The van der Waals surface area contributed by atoms with Gasteiger partial charge in [0.2, 0.25) is 0 Å². The lowest BCUT2D eigenvalue weighted by atomic mass is 9.64. The predicted octanol–water partition coefficient (Wildman–Crippen LogP) is 10.5. The molecule has 1 saturated heterocycles. The van der Waals surface area contributed by atoms with Crippen LogP contribution < -0.4 is 9.64 Å². The van der Waals surface area contributed by atoms with E-state index in [1.54, 1.807) is 0 Å². The van der Waals surface area contributed by atoms with Gasteiger partial charge < -0.3 is 14.4 Å². The van der Waals surface area contributed by atoms with Crippen LogP contribution in [0.4, 0.5) is 5.69 Å². The number of ether oxygens (including phenoxy) is 2. The highest BCUT2D eigenvalue weighted by atomic mass is 32.2. The van der Waals surface area contributed by atoms with Crippen molar-refractivity contribution in [3.63, 3.8) is 0 Å². The number of nitrogens with zero attached hydrogens (tertiary/aromatic N) is 1. The van der Waals surface area contributed by atoms with E-state index < -0.39 is 5.60 Å². The van der Waals surface area contributed by atoms with Crippen molar-refractivity contribution in [2.75, 3.05) is 37.5 Å². The monoisotopic (exact) mass is 637 g/mol. The third kappa shape index (κ3) is 4.44. The van der Waals surface area contributed by atoms with Crippen LogP contribution in [-0.4, -0.2) is 32.6 Å². The zero-order chi connectivity index (χ0) is 32.2. The molecule has 0 N–H and O–H groups in total. The Kier molecular flexibility index (Phi) is 7.69. The minimum Gasteiger partial charge on any atom is -0.472 e. The topological polar surface area (TPSA) is 21.7 Å². The molecule has 5 aromatic carbocycles. The Morgan fingerprint density at radius 2 is 1.49 bits per heavy atom. The molecule has 8 rings (SSSR count). The van der Waals surface area contributed by atoms with Gasteiger partial charge in [0.1, 0.15) is 5.75 Å². The fourth-order valence-electron chi connectivity index (χ4n) is 8.76. The molecule has 0 radical (unpaired) electrons. The van der Waals surface area contributed by atoms with Gasteiger partial charge in [-0.3, -0.25) is 0 Å². The van der Waals surface area contributed by atoms with Crippen molar-refractivity contribution in [1.29, 1.82) is 0 Å². The number of fused-ring (bicyclic) bond motifs is 8. The van der Waals surface area contributed by atoms with E-state index in [9.17, 15) is 0 Å². The number of rotatable bonds is 7. The second-order valence-electron chi connectivity index (χ2n) is 13.2. The summed E-state index contributed by atoms with van der Waals surface area (Å²) in [5.74, 6) is 1.44. The molecule has 47 heavy (non-hydrogen) atoms. The Bertz CT molecular complexity index is 1940. The van der Waals surface area contributed by atoms with E-state index in [-0.39, 0.29) is 5.41 Å². The lowest BCUT2D eigenvalue weighted by Crippen LogP contribution is -2.37. The maximum absolute atomic E-state index is 7.64. The first-order valence-corrected chi connectivity index (χ1v) is 18.4. The van der Waals surface area contributed by atoms with Crippen molar-refractivity contribution in [3.05, 3.63) is 131 Å². The lowest BCUT2D eigenvalue weighted by Gasteiger charge is -2.41. The fraction of sp³-hybridized carbons (Fsp3) is 0.302. The Morgan fingerprint density at radius 1 is 0.830 bits per heavy atom. The van der Waals surface area contributed by atoms with Crippen LogP contribution in [0.2, 0.25) is 0 Å². The van der Waals surface area contributed by atoms with Gasteiger partial charge in [0.15, 0.2) is 5.60 Å². The number of anilines is 1. The third-order valence-electron chi connectivity index (χ3n) is 11.2. The van der Waals surface area contributed by atoms with Crippen LogP contribution in [0.5, 0.6) is 5.75 Å². The molecule has 0 saturated carbocycles. The summed E-state index contributed by atoms with van der Waals surface area (Å²) >= 11 is 1.82. The van der Waals surface area contributed by atoms with Crippen LogP contribution in [0.25, 0.3) is 28.0 Å². The zero-order valence-electron chi connectivity index (χ0n) is 27.9. The highest BCUT2D eigenvalue weighted by Crippen LogP contribution is 2.62. The highest BCUT2D eigenvalue weighted by molar-refractivity contribution is 7.98. The average molecular weight is 638 g/mol. The van der Waals surface area contributed by atoms with E-state index in [0.717, 1.165) is 56.0 Å². The molecule has 238 valence electrons. The van der Waals surface area contributed by atoms with Crippen LogP contribution in [0.3, 0.4) is 0 Å². The summed E-state index contributed by atoms with van der Waals surface area (Å²) in [6.07, 6.45) is 9.05. The molecule has 0 amide bonds.